The fraction of sp³-hybridized carbons (Fsp3) is 0.429. The Kier molecular flexibility index (Phi) is 7.53. The van der Waals surface area contributed by atoms with Crippen LogP contribution in [-0.4, -0.2) is 44.1 Å². The van der Waals surface area contributed by atoms with Gasteiger partial charge in [0.2, 0.25) is 0 Å². The molecule has 0 aliphatic heterocycles. The van der Waals surface area contributed by atoms with E-state index in [1.807, 2.05) is 6.20 Å². The molecule has 39 heavy (non-hydrogen) atoms. The highest BCUT2D eigenvalue weighted by Crippen LogP contribution is 2.48. The highest BCUT2D eigenvalue weighted by Gasteiger charge is 2.54. The molecule has 0 fully saturated rings. The zero-order chi connectivity index (χ0) is 27.8. The fourth-order valence-corrected chi connectivity index (χ4v) is 6.66. The van der Waals surface area contributed by atoms with Gasteiger partial charge in [-0.2, -0.15) is 5.10 Å². The van der Waals surface area contributed by atoms with E-state index < -0.39 is 38.1 Å². The summed E-state index contributed by atoms with van der Waals surface area (Å²) in [5, 5.41) is 4.82. The summed E-state index contributed by atoms with van der Waals surface area (Å²) < 4.78 is 55.7. The van der Waals surface area contributed by atoms with Gasteiger partial charge in [0.15, 0.2) is 11.4 Å². The number of para-hydroxylation sites is 1. The standard InChI is InChI=1S/C28H32F2N2O5SSi/c1-34-17-27(37-20-8-6-5-7-9-20)16-28(29,30)13-22-21-12-23(38-24(21)26(33)36-25(22)27)19-14-31-32(15-19)18-35-10-11-39(2,3)4/h5-9,12,14-15H,10-11,13,16-18H2,1-4H3. The topological polar surface area (TPSA) is 75.7 Å². The second-order valence-electron chi connectivity index (χ2n) is 11.2. The van der Waals surface area contributed by atoms with Crippen molar-refractivity contribution in [1.29, 1.82) is 0 Å². The van der Waals surface area contributed by atoms with E-state index in [0.29, 0.717) is 24.5 Å². The molecule has 11 heteroatoms. The molecule has 0 bridgehead atoms. The van der Waals surface area contributed by atoms with E-state index in [1.54, 1.807) is 47.3 Å². The van der Waals surface area contributed by atoms with Crippen molar-refractivity contribution in [3.8, 4) is 16.2 Å². The first-order valence-electron chi connectivity index (χ1n) is 12.8. The molecular weight excluding hydrogens is 542 g/mol. The van der Waals surface area contributed by atoms with Crippen LogP contribution in [0.4, 0.5) is 8.78 Å². The summed E-state index contributed by atoms with van der Waals surface area (Å²) in [6.45, 7) is 7.66. The third-order valence-corrected chi connectivity index (χ3v) is 9.54. The summed E-state index contributed by atoms with van der Waals surface area (Å²) in [5.41, 5.74) is -1.23. The number of aromatic nitrogens is 2. The van der Waals surface area contributed by atoms with Crippen molar-refractivity contribution in [2.24, 2.45) is 0 Å². The molecule has 1 atom stereocenters. The maximum Gasteiger partial charge on any atom is 0.354 e. The molecule has 0 saturated carbocycles. The number of hydrogen-bond donors (Lipinski definition) is 0. The van der Waals surface area contributed by atoms with E-state index in [2.05, 4.69) is 24.7 Å². The zero-order valence-electron chi connectivity index (χ0n) is 22.5. The number of alkyl halides is 2. The molecule has 5 rings (SSSR count). The third kappa shape index (κ3) is 6.01. The van der Waals surface area contributed by atoms with Gasteiger partial charge >= 0.3 is 5.63 Å². The second-order valence-corrected chi connectivity index (χ2v) is 17.9. The molecule has 0 radical (unpaired) electrons. The first-order chi connectivity index (χ1) is 18.5. The normalized spacial score (nSPS) is 18.8. The van der Waals surface area contributed by atoms with Crippen molar-refractivity contribution >= 4 is 29.5 Å². The smallest absolute Gasteiger partial charge is 0.354 e. The number of benzene rings is 1. The summed E-state index contributed by atoms with van der Waals surface area (Å²) in [6, 6.07) is 11.5. The average Bonchev–Trinajstić information content (AvgIpc) is 3.51. The number of thiophene rings is 1. The lowest BCUT2D eigenvalue weighted by atomic mass is 9.80. The van der Waals surface area contributed by atoms with Crippen LogP contribution in [0.2, 0.25) is 25.7 Å². The van der Waals surface area contributed by atoms with Gasteiger partial charge in [-0.3, -0.25) is 0 Å². The number of nitrogens with zero attached hydrogens (tertiary/aromatic N) is 2. The number of methoxy groups -OCH3 is 1. The molecule has 3 aromatic heterocycles. The van der Waals surface area contributed by atoms with E-state index >= 15 is 8.78 Å². The summed E-state index contributed by atoms with van der Waals surface area (Å²) in [5.74, 6) is -2.63. The Balaban J connectivity index is 1.52. The molecule has 0 saturated heterocycles. The molecular formula is C28H32F2N2O5SSi. The van der Waals surface area contributed by atoms with E-state index in [1.165, 1.54) is 18.4 Å². The minimum atomic E-state index is -3.10. The molecule has 0 spiro atoms. The lowest BCUT2D eigenvalue weighted by Gasteiger charge is -2.40. The van der Waals surface area contributed by atoms with Gasteiger partial charge in [0.25, 0.3) is 5.92 Å². The van der Waals surface area contributed by atoms with E-state index in [9.17, 15) is 4.79 Å². The molecule has 1 unspecified atom stereocenters. The van der Waals surface area contributed by atoms with E-state index in [-0.39, 0.29) is 22.6 Å². The Hall–Kier alpha value is -2.86. The largest absolute Gasteiger partial charge is 0.477 e. The van der Waals surface area contributed by atoms with Gasteiger partial charge in [-0.25, -0.2) is 18.3 Å². The Labute approximate surface area is 230 Å². The number of hydrogen-bond acceptors (Lipinski definition) is 7. The molecule has 0 N–H and O–H groups in total. The van der Waals surface area contributed by atoms with Crippen LogP contribution in [0.15, 0.2) is 58.0 Å². The van der Waals surface area contributed by atoms with Crippen molar-refractivity contribution in [2.45, 2.75) is 56.8 Å². The molecule has 1 aliphatic carbocycles. The average molecular weight is 575 g/mol. The first-order valence-corrected chi connectivity index (χ1v) is 17.3. The zero-order valence-corrected chi connectivity index (χ0v) is 24.3. The fourth-order valence-electron chi connectivity index (χ4n) is 4.87. The van der Waals surface area contributed by atoms with Crippen molar-refractivity contribution in [2.75, 3.05) is 20.3 Å². The van der Waals surface area contributed by atoms with Gasteiger partial charge in [0.05, 0.1) is 19.2 Å². The molecule has 0 amide bonds. The summed E-state index contributed by atoms with van der Waals surface area (Å²) in [4.78, 5) is 13.9. The Morgan fingerprint density at radius 2 is 1.97 bits per heavy atom. The maximum absolute atomic E-state index is 15.3. The number of fused-ring (bicyclic) bond motifs is 3. The summed E-state index contributed by atoms with van der Waals surface area (Å²) in [7, 11) is 0.222. The summed E-state index contributed by atoms with van der Waals surface area (Å²) in [6.07, 6.45) is 2.27. The molecule has 1 aromatic carbocycles. The van der Waals surface area contributed by atoms with Crippen molar-refractivity contribution in [3.63, 3.8) is 0 Å². The predicted octanol–water partition coefficient (Wildman–Crippen LogP) is 6.53. The molecule has 7 nitrogen and oxygen atoms in total. The van der Waals surface area contributed by atoms with Crippen LogP contribution < -0.4 is 10.4 Å². The predicted molar refractivity (Wildman–Crippen MR) is 150 cm³/mol. The van der Waals surface area contributed by atoms with Gasteiger partial charge < -0.3 is 18.6 Å². The first kappa shape index (κ1) is 27.7. The highest BCUT2D eigenvalue weighted by molar-refractivity contribution is 7.22. The van der Waals surface area contributed by atoms with E-state index in [0.717, 1.165) is 16.5 Å². The minimum Gasteiger partial charge on any atom is -0.477 e. The SMILES string of the molecule is COCC1(Oc2ccccc2)CC(F)(F)Cc2c1oc(=O)c1sc(-c3cnn(COCC[Si](C)(C)C)c3)cc21. The van der Waals surface area contributed by atoms with Crippen molar-refractivity contribution in [3.05, 3.63) is 70.5 Å². The summed E-state index contributed by atoms with van der Waals surface area (Å²) >= 11 is 1.20. The number of rotatable bonds is 10. The maximum atomic E-state index is 15.3. The van der Waals surface area contributed by atoms with Gasteiger partial charge in [-0.1, -0.05) is 37.8 Å². The van der Waals surface area contributed by atoms with Gasteiger partial charge in [-0.15, -0.1) is 11.3 Å². The van der Waals surface area contributed by atoms with Crippen LogP contribution in [0.25, 0.3) is 20.5 Å². The lowest BCUT2D eigenvalue weighted by molar-refractivity contribution is -0.126. The van der Waals surface area contributed by atoms with Crippen LogP contribution in [0.5, 0.6) is 5.75 Å². The van der Waals surface area contributed by atoms with Crippen LogP contribution in [0, 0.1) is 0 Å². The Morgan fingerprint density at radius 1 is 1.21 bits per heavy atom. The molecule has 3 heterocycles. The molecule has 4 aromatic rings. The Bertz CT molecular complexity index is 1510. The van der Waals surface area contributed by atoms with Crippen LogP contribution >= 0.6 is 11.3 Å². The third-order valence-electron chi connectivity index (χ3n) is 6.68. The molecule has 1 aliphatic rings. The monoisotopic (exact) mass is 574 g/mol. The lowest BCUT2D eigenvalue weighted by Crippen LogP contribution is -2.48. The second kappa shape index (κ2) is 10.6. The van der Waals surface area contributed by atoms with Crippen LogP contribution in [0.1, 0.15) is 17.7 Å². The van der Waals surface area contributed by atoms with Crippen LogP contribution in [0.3, 0.4) is 0 Å². The number of ether oxygens (including phenoxy) is 3. The van der Waals surface area contributed by atoms with Crippen LogP contribution in [-0.2, 0) is 28.2 Å². The Morgan fingerprint density at radius 3 is 2.69 bits per heavy atom. The van der Waals surface area contributed by atoms with Gasteiger partial charge in [0.1, 0.15) is 17.2 Å². The molecule has 208 valence electrons. The van der Waals surface area contributed by atoms with Crippen molar-refractivity contribution < 1.29 is 27.4 Å². The van der Waals surface area contributed by atoms with E-state index in [4.69, 9.17) is 18.6 Å². The van der Waals surface area contributed by atoms with Crippen molar-refractivity contribution in [1.82, 2.24) is 9.78 Å². The van der Waals surface area contributed by atoms with Gasteiger partial charge in [0, 0.05) is 55.8 Å². The van der Waals surface area contributed by atoms with Gasteiger partial charge in [-0.05, 0) is 24.2 Å². The highest BCUT2D eigenvalue weighted by atomic mass is 32.1. The quantitative estimate of drug-likeness (QED) is 0.158. The minimum absolute atomic E-state index is 0.0903. The number of halogens is 2.